The molecule has 1 radical (unpaired) electrons. The van der Waals surface area contributed by atoms with Gasteiger partial charge in [0.15, 0.2) is 0 Å². The second-order valence-corrected chi connectivity index (χ2v) is 4.22. The molecule has 0 saturated heterocycles. The summed E-state index contributed by atoms with van der Waals surface area (Å²) in [6, 6.07) is 7.97. The highest BCUT2D eigenvalue weighted by atomic mass is 16.5. The number of hydrogen-bond donors (Lipinski definition) is 0. The van der Waals surface area contributed by atoms with Gasteiger partial charge in [0.1, 0.15) is 5.56 Å². The molecule has 1 aromatic carbocycles. The van der Waals surface area contributed by atoms with Crippen molar-refractivity contribution in [3.05, 3.63) is 46.2 Å². The predicted molar refractivity (Wildman–Crippen MR) is 74.9 cm³/mol. The zero-order valence-corrected chi connectivity index (χ0v) is 11.5. The highest BCUT2D eigenvalue weighted by molar-refractivity contribution is 5.93. The Morgan fingerprint density at radius 1 is 1.45 bits per heavy atom. The van der Waals surface area contributed by atoms with Crippen molar-refractivity contribution in [2.45, 2.75) is 13.5 Å². The molecule has 0 aliphatic heterocycles. The van der Waals surface area contributed by atoms with Gasteiger partial charge in [0, 0.05) is 25.2 Å². The number of benzene rings is 1. The van der Waals surface area contributed by atoms with E-state index in [0.717, 1.165) is 5.52 Å². The third kappa shape index (κ3) is 2.72. The minimum Gasteiger partial charge on any atom is -0.462 e. The summed E-state index contributed by atoms with van der Waals surface area (Å²) >= 11 is 0. The molecule has 0 saturated carbocycles. The summed E-state index contributed by atoms with van der Waals surface area (Å²) in [6.45, 7) is 2.97. The molecule has 0 unspecified atom stereocenters. The third-order valence-corrected chi connectivity index (χ3v) is 2.96. The van der Waals surface area contributed by atoms with E-state index in [2.05, 4.69) is 6.07 Å². The lowest BCUT2D eigenvalue weighted by molar-refractivity contribution is 0.0524. The van der Waals surface area contributed by atoms with Gasteiger partial charge in [-0.1, -0.05) is 6.07 Å². The Kier molecular flexibility index (Phi) is 4.53. The Balaban J connectivity index is 2.62. The van der Waals surface area contributed by atoms with Gasteiger partial charge in [-0.3, -0.25) is 4.79 Å². The van der Waals surface area contributed by atoms with Gasteiger partial charge in [0.2, 0.25) is 5.43 Å². The number of pyridine rings is 1. The maximum Gasteiger partial charge on any atom is 0.343 e. The lowest BCUT2D eigenvalue weighted by Gasteiger charge is -2.12. The van der Waals surface area contributed by atoms with E-state index < -0.39 is 5.97 Å². The molecule has 0 aliphatic rings. The van der Waals surface area contributed by atoms with Gasteiger partial charge < -0.3 is 14.0 Å². The minimum atomic E-state index is -0.602. The normalized spacial score (nSPS) is 10.7. The Morgan fingerprint density at radius 2 is 2.25 bits per heavy atom. The highest BCUT2D eigenvalue weighted by Gasteiger charge is 2.15. The maximum atomic E-state index is 12.3. The zero-order chi connectivity index (χ0) is 14.5. The molecule has 2 aromatic rings. The van der Waals surface area contributed by atoms with Crippen LogP contribution >= 0.6 is 0 Å². The molecule has 1 heterocycles. The van der Waals surface area contributed by atoms with E-state index >= 15 is 0 Å². The average molecular weight is 274 g/mol. The van der Waals surface area contributed by atoms with Gasteiger partial charge in [-0.25, -0.2) is 4.79 Å². The molecule has 0 atom stereocenters. The molecule has 20 heavy (non-hydrogen) atoms. The molecule has 105 valence electrons. The molecule has 0 aliphatic carbocycles. The van der Waals surface area contributed by atoms with Crippen molar-refractivity contribution >= 4 is 16.9 Å². The molecule has 0 spiro atoms. The van der Waals surface area contributed by atoms with Gasteiger partial charge >= 0.3 is 5.97 Å². The van der Waals surface area contributed by atoms with Crippen molar-refractivity contribution in [2.24, 2.45) is 0 Å². The summed E-state index contributed by atoms with van der Waals surface area (Å²) in [5.41, 5.74) is 0.456. The van der Waals surface area contributed by atoms with Crippen molar-refractivity contribution in [3.63, 3.8) is 0 Å². The number of nitrogens with zero attached hydrogens (tertiary/aromatic N) is 1. The fourth-order valence-electron chi connectivity index (χ4n) is 2.01. The fraction of sp³-hybridized carbons (Fsp3) is 0.333. The predicted octanol–water partition coefficient (Wildman–Crippen LogP) is 1.62. The average Bonchev–Trinajstić information content (AvgIpc) is 2.47. The number of fused-ring (bicyclic) bond motifs is 1. The quantitative estimate of drug-likeness (QED) is 0.777. The Labute approximate surface area is 116 Å². The first-order chi connectivity index (χ1) is 9.69. The number of rotatable bonds is 5. The van der Waals surface area contributed by atoms with E-state index in [1.807, 2.05) is 4.57 Å². The molecule has 0 amide bonds. The van der Waals surface area contributed by atoms with Gasteiger partial charge in [-0.15, -0.1) is 0 Å². The summed E-state index contributed by atoms with van der Waals surface area (Å²) in [4.78, 5) is 24.2. The van der Waals surface area contributed by atoms with Crippen molar-refractivity contribution in [1.82, 2.24) is 4.57 Å². The van der Waals surface area contributed by atoms with E-state index in [4.69, 9.17) is 9.47 Å². The van der Waals surface area contributed by atoms with Gasteiger partial charge in [-0.2, -0.15) is 0 Å². The van der Waals surface area contributed by atoms with Gasteiger partial charge in [0.25, 0.3) is 0 Å². The second kappa shape index (κ2) is 6.34. The largest absolute Gasteiger partial charge is 0.462 e. The molecule has 2 rings (SSSR count). The van der Waals surface area contributed by atoms with Crippen LogP contribution in [0, 0.1) is 6.07 Å². The van der Waals surface area contributed by atoms with Crippen LogP contribution in [0.4, 0.5) is 0 Å². The van der Waals surface area contributed by atoms with Crippen LogP contribution in [0.3, 0.4) is 0 Å². The summed E-state index contributed by atoms with van der Waals surface area (Å²) in [7, 11) is 1.60. The number of carbonyl (C=O) groups excluding carboxylic acids is 1. The summed E-state index contributed by atoms with van der Waals surface area (Å²) in [5.74, 6) is -0.602. The van der Waals surface area contributed by atoms with Crippen molar-refractivity contribution in [1.29, 1.82) is 0 Å². The molecule has 1 aromatic heterocycles. The first-order valence-corrected chi connectivity index (χ1v) is 6.38. The van der Waals surface area contributed by atoms with Crippen LogP contribution in [-0.2, 0) is 16.0 Å². The second-order valence-electron chi connectivity index (χ2n) is 4.22. The minimum absolute atomic E-state index is 0.0371. The van der Waals surface area contributed by atoms with E-state index in [1.54, 1.807) is 32.2 Å². The topological polar surface area (TPSA) is 57.5 Å². The first-order valence-electron chi connectivity index (χ1n) is 6.38. The number of esters is 1. The molecule has 0 N–H and O–H groups in total. The first kappa shape index (κ1) is 14.3. The molecular weight excluding hydrogens is 258 g/mol. The van der Waals surface area contributed by atoms with Crippen LogP contribution in [0.15, 0.2) is 29.2 Å². The molecule has 5 heteroatoms. The number of methoxy groups -OCH3 is 1. The highest BCUT2D eigenvalue weighted by Crippen LogP contribution is 2.12. The number of ether oxygens (including phenoxy) is 2. The van der Waals surface area contributed by atoms with E-state index in [1.165, 1.54) is 6.20 Å². The van der Waals surface area contributed by atoms with Crippen molar-refractivity contribution in [2.75, 3.05) is 20.3 Å². The van der Waals surface area contributed by atoms with Crippen LogP contribution in [-0.4, -0.2) is 30.9 Å². The Hall–Kier alpha value is -2.14. The smallest absolute Gasteiger partial charge is 0.343 e. The molecular formula is C15H16NO4. The Morgan fingerprint density at radius 3 is 2.95 bits per heavy atom. The number of carbonyl (C=O) groups is 1. The van der Waals surface area contributed by atoms with Crippen LogP contribution in [0.2, 0.25) is 0 Å². The standard InChI is InChI=1S/C15H16NO4/c1-3-20-15(18)12-10-16(8-9-19-2)13-7-5-4-6-11(13)14(12)17/h5-7,10H,3,8-9H2,1-2H3. The van der Waals surface area contributed by atoms with Crippen LogP contribution in [0.5, 0.6) is 0 Å². The lowest BCUT2D eigenvalue weighted by atomic mass is 10.1. The molecule has 0 bridgehead atoms. The van der Waals surface area contributed by atoms with Gasteiger partial charge in [-0.05, 0) is 25.1 Å². The van der Waals surface area contributed by atoms with E-state index in [-0.39, 0.29) is 17.6 Å². The van der Waals surface area contributed by atoms with E-state index in [0.29, 0.717) is 18.5 Å². The number of aromatic nitrogens is 1. The van der Waals surface area contributed by atoms with Crippen LogP contribution in [0.1, 0.15) is 17.3 Å². The third-order valence-electron chi connectivity index (χ3n) is 2.96. The number of hydrogen-bond acceptors (Lipinski definition) is 4. The lowest BCUT2D eigenvalue weighted by Crippen LogP contribution is -2.21. The van der Waals surface area contributed by atoms with Crippen LogP contribution in [0.25, 0.3) is 10.9 Å². The van der Waals surface area contributed by atoms with Crippen molar-refractivity contribution < 1.29 is 14.3 Å². The maximum absolute atomic E-state index is 12.3. The monoisotopic (exact) mass is 274 g/mol. The van der Waals surface area contributed by atoms with E-state index in [9.17, 15) is 9.59 Å². The summed E-state index contributed by atoms with van der Waals surface area (Å²) < 4.78 is 11.8. The van der Waals surface area contributed by atoms with Crippen LogP contribution < -0.4 is 5.43 Å². The van der Waals surface area contributed by atoms with Gasteiger partial charge in [0.05, 0.1) is 18.7 Å². The molecule has 0 fully saturated rings. The SMILES string of the molecule is CCOC(=O)c1cn(CCOC)c2cc[c]cc2c1=O. The summed E-state index contributed by atoms with van der Waals surface area (Å²) in [5, 5.41) is 0.453. The fourth-order valence-corrected chi connectivity index (χ4v) is 2.01. The van der Waals surface area contributed by atoms with Crippen molar-refractivity contribution in [3.8, 4) is 0 Å². The summed E-state index contributed by atoms with van der Waals surface area (Å²) in [6.07, 6.45) is 1.53. The zero-order valence-electron chi connectivity index (χ0n) is 11.5. The molecule has 5 nitrogen and oxygen atoms in total. The Bertz CT molecular complexity index is 675.